The number of carbonyl (C=O) groups is 1. The van der Waals surface area contributed by atoms with E-state index in [-0.39, 0.29) is 5.91 Å². The molecule has 100 valence electrons. The summed E-state index contributed by atoms with van der Waals surface area (Å²) in [5.74, 6) is -0.0847. The van der Waals surface area contributed by atoms with E-state index in [1.807, 2.05) is 48.1 Å². The molecular weight excluding hydrogens is 258 g/mol. The van der Waals surface area contributed by atoms with Crippen molar-refractivity contribution in [2.24, 2.45) is 0 Å². The topological polar surface area (TPSA) is 46.9 Å². The van der Waals surface area contributed by atoms with E-state index < -0.39 is 0 Å². The number of hydrogen-bond donors (Lipinski definition) is 1. The minimum Gasteiger partial charge on any atom is -0.351 e. The highest BCUT2D eigenvalue weighted by Gasteiger charge is 2.16. The van der Waals surface area contributed by atoms with Crippen LogP contribution in [0.25, 0.3) is 5.69 Å². The molecule has 4 nitrogen and oxygen atoms in total. The van der Waals surface area contributed by atoms with E-state index in [2.05, 4.69) is 10.3 Å². The first-order chi connectivity index (χ1) is 9.27. The van der Waals surface area contributed by atoms with Crippen LogP contribution >= 0.6 is 11.8 Å². The summed E-state index contributed by atoms with van der Waals surface area (Å²) in [7, 11) is 0. The Kier molecular flexibility index (Phi) is 4.63. The maximum absolute atomic E-state index is 12.1. The number of amides is 1. The van der Waals surface area contributed by atoms with E-state index in [4.69, 9.17) is 0 Å². The molecule has 0 spiro atoms. The lowest BCUT2D eigenvalue weighted by atomic mass is 10.3. The molecule has 0 fully saturated rings. The van der Waals surface area contributed by atoms with Crippen LogP contribution in [0.5, 0.6) is 0 Å². The monoisotopic (exact) mass is 275 g/mol. The van der Waals surface area contributed by atoms with Gasteiger partial charge in [0, 0.05) is 12.2 Å². The van der Waals surface area contributed by atoms with Gasteiger partial charge in [-0.25, -0.2) is 4.98 Å². The van der Waals surface area contributed by atoms with Crippen molar-refractivity contribution < 1.29 is 4.79 Å². The van der Waals surface area contributed by atoms with Crippen molar-refractivity contribution >= 4 is 17.7 Å². The summed E-state index contributed by atoms with van der Waals surface area (Å²) in [5.41, 5.74) is 1.52. The van der Waals surface area contributed by atoms with Crippen molar-refractivity contribution in [2.45, 2.75) is 18.5 Å². The van der Waals surface area contributed by atoms with Crippen molar-refractivity contribution in [3.05, 3.63) is 42.2 Å². The molecule has 1 heterocycles. The van der Waals surface area contributed by atoms with E-state index >= 15 is 0 Å². The quantitative estimate of drug-likeness (QED) is 0.853. The Labute approximate surface area is 117 Å². The highest BCUT2D eigenvalue weighted by molar-refractivity contribution is 7.98. The number of nitrogens with one attached hydrogen (secondary N) is 1. The molecule has 0 aliphatic heterocycles. The largest absolute Gasteiger partial charge is 0.351 e. The van der Waals surface area contributed by atoms with Crippen LogP contribution in [-0.2, 0) is 0 Å². The number of imidazole rings is 1. The van der Waals surface area contributed by atoms with Crippen LogP contribution in [0.3, 0.4) is 0 Å². The zero-order chi connectivity index (χ0) is 13.7. The third-order valence-corrected chi connectivity index (χ3v) is 3.35. The zero-order valence-corrected chi connectivity index (χ0v) is 11.9. The Morgan fingerprint density at radius 3 is 2.74 bits per heavy atom. The number of aromatic nitrogens is 2. The van der Waals surface area contributed by atoms with Gasteiger partial charge in [-0.1, -0.05) is 36.9 Å². The van der Waals surface area contributed by atoms with E-state index in [1.54, 1.807) is 6.20 Å². The molecule has 1 N–H and O–H groups in total. The van der Waals surface area contributed by atoms with Crippen LogP contribution in [0.2, 0.25) is 0 Å². The van der Waals surface area contributed by atoms with Gasteiger partial charge >= 0.3 is 0 Å². The lowest BCUT2D eigenvalue weighted by Crippen LogP contribution is -2.26. The second-order valence-electron chi connectivity index (χ2n) is 4.06. The average molecular weight is 275 g/mol. The van der Waals surface area contributed by atoms with Crippen molar-refractivity contribution in [1.82, 2.24) is 14.9 Å². The van der Waals surface area contributed by atoms with Gasteiger partial charge in [-0.2, -0.15) is 0 Å². The summed E-state index contributed by atoms with van der Waals surface area (Å²) in [4.78, 5) is 16.5. The maximum Gasteiger partial charge on any atom is 0.269 e. The van der Waals surface area contributed by atoms with E-state index in [0.717, 1.165) is 17.3 Å². The van der Waals surface area contributed by atoms with Crippen LogP contribution in [-0.4, -0.2) is 28.3 Å². The fourth-order valence-electron chi connectivity index (χ4n) is 1.79. The fourth-order valence-corrected chi connectivity index (χ4v) is 2.34. The third kappa shape index (κ3) is 2.98. The number of hydrogen-bond acceptors (Lipinski definition) is 3. The maximum atomic E-state index is 12.1. The molecule has 0 saturated heterocycles. The lowest BCUT2D eigenvalue weighted by Gasteiger charge is -2.10. The summed E-state index contributed by atoms with van der Waals surface area (Å²) >= 11 is 1.52. The number of benzene rings is 1. The molecule has 0 bridgehead atoms. The first-order valence-electron chi connectivity index (χ1n) is 6.23. The normalized spacial score (nSPS) is 10.4. The Bertz CT molecular complexity index is 551. The molecule has 2 aromatic rings. The van der Waals surface area contributed by atoms with Crippen LogP contribution in [0, 0.1) is 0 Å². The first kappa shape index (κ1) is 13.7. The highest BCUT2D eigenvalue weighted by Crippen LogP contribution is 2.21. The molecule has 0 saturated carbocycles. The summed E-state index contributed by atoms with van der Waals surface area (Å²) in [6, 6.07) is 9.80. The molecule has 5 heteroatoms. The molecule has 0 unspecified atom stereocenters. The van der Waals surface area contributed by atoms with Crippen molar-refractivity contribution in [3.8, 4) is 5.69 Å². The van der Waals surface area contributed by atoms with Gasteiger partial charge in [0.15, 0.2) is 5.16 Å². The van der Waals surface area contributed by atoms with Gasteiger partial charge in [-0.05, 0) is 24.8 Å². The molecule has 0 atom stereocenters. The van der Waals surface area contributed by atoms with Gasteiger partial charge in [-0.15, -0.1) is 0 Å². The van der Waals surface area contributed by atoms with Crippen molar-refractivity contribution in [1.29, 1.82) is 0 Å². The Morgan fingerprint density at radius 1 is 1.37 bits per heavy atom. The molecule has 19 heavy (non-hydrogen) atoms. The van der Waals surface area contributed by atoms with Crippen LogP contribution in [0.1, 0.15) is 23.8 Å². The predicted octanol–water partition coefficient (Wildman–Crippen LogP) is 2.73. The van der Waals surface area contributed by atoms with Crippen LogP contribution < -0.4 is 5.32 Å². The fraction of sp³-hybridized carbons (Fsp3) is 0.286. The Balaban J connectivity index is 2.40. The smallest absolute Gasteiger partial charge is 0.269 e. The van der Waals surface area contributed by atoms with Gasteiger partial charge in [0.05, 0.1) is 6.20 Å². The highest BCUT2D eigenvalue weighted by atomic mass is 32.2. The molecule has 0 aliphatic rings. The standard InChI is InChI=1S/C14H17N3OS/c1-3-9-15-13(18)12-10-16-14(19-2)17(12)11-7-5-4-6-8-11/h4-8,10H,3,9H2,1-2H3,(H,15,18). The number of thioether (sulfide) groups is 1. The van der Waals surface area contributed by atoms with E-state index in [1.165, 1.54) is 11.8 Å². The Hall–Kier alpha value is -1.75. The molecule has 1 amide bonds. The molecular formula is C14H17N3OS. The number of rotatable bonds is 5. The minimum absolute atomic E-state index is 0.0847. The van der Waals surface area contributed by atoms with Crippen molar-refractivity contribution in [3.63, 3.8) is 0 Å². The average Bonchev–Trinajstić information content (AvgIpc) is 2.89. The first-order valence-corrected chi connectivity index (χ1v) is 7.45. The number of nitrogens with zero attached hydrogens (tertiary/aromatic N) is 2. The van der Waals surface area contributed by atoms with Gasteiger partial charge in [-0.3, -0.25) is 9.36 Å². The lowest BCUT2D eigenvalue weighted by molar-refractivity contribution is 0.0946. The predicted molar refractivity (Wildman–Crippen MR) is 78.0 cm³/mol. The summed E-state index contributed by atoms with van der Waals surface area (Å²) < 4.78 is 1.88. The number of para-hydroxylation sites is 1. The summed E-state index contributed by atoms with van der Waals surface area (Å²) in [6.45, 7) is 2.70. The number of carbonyl (C=O) groups excluding carboxylic acids is 1. The zero-order valence-electron chi connectivity index (χ0n) is 11.1. The van der Waals surface area contributed by atoms with E-state index in [9.17, 15) is 4.79 Å². The van der Waals surface area contributed by atoms with Crippen molar-refractivity contribution in [2.75, 3.05) is 12.8 Å². The van der Waals surface area contributed by atoms with E-state index in [0.29, 0.717) is 12.2 Å². The SMILES string of the molecule is CCCNC(=O)c1cnc(SC)n1-c1ccccc1. The molecule has 1 aromatic carbocycles. The Morgan fingerprint density at radius 2 is 2.11 bits per heavy atom. The molecule has 0 radical (unpaired) electrons. The van der Waals surface area contributed by atoms with Crippen LogP contribution in [0.15, 0.2) is 41.7 Å². The van der Waals surface area contributed by atoms with Gasteiger partial charge < -0.3 is 5.32 Å². The molecule has 1 aromatic heterocycles. The van der Waals surface area contributed by atoms with Gasteiger partial charge in [0.25, 0.3) is 5.91 Å². The van der Waals surface area contributed by atoms with Gasteiger partial charge in [0.2, 0.25) is 0 Å². The molecule has 2 rings (SSSR count). The van der Waals surface area contributed by atoms with Gasteiger partial charge in [0.1, 0.15) is 5.69 Å². The second-order valence-corrected chi connectivity index (χ2v) is 4.83. The van der Waals surface area contributed by atoms with Crippen LogP contribution in [0.4, 0.5) is 0 Å². The minimum atomic E-state index is -0.0847. The second kappa shape index (κ2) is 6.43. The third-order valence-electron chi connectivity index (χ3n) is 2.69. The summed E-state index contributed by atoms with van der Waals surface area (Å²) in [6.07, 6.45) is 4.50. The molecule has 0 aliphatic carbocycles. The summed E-state index contributed by atoms with van der Waals surface area (Å²) in [5, 5.41) is 3.70.